The molecule has 3 unspecified atom stereocenters. The number of allylic oxidation sites excluding steroid dienone is 5. The van der Waals surface area contributed by atoms with Crippen molar-refractivity contribution in [2.45, 2.75) is 199 Å². The van der Waals surface area contributed by atoms with Crippen LogP contribution in [0.1, 0.15) is 187 Å². The van der Waals surface area contributed by atoms with Crippen LogP contribution in [0.25, 0.3) is 0 Å². The Morgan fingerprint density at radius 2 is 1.04 bits per heavy atom. The summed E-state index contributed by atoms with van der Waals surface area (Å²) in [5.41, 5.74) is 0. The molecule has 0 saturated carbocycles. The number of nitrogens with zero attached hydrogens (tertiary/aromatic N) is 1. The van der Waals surface area contributed by atoms with E-state index < -0.39 is 20.0 Å². The first kappa shape index (κ1) is 51.7. The number of likely N-dealkylation sites (N-methyl/N-ethyl adjacent to an activating group) is 1. The summed E-state index contributed by atoms with van der Waals surface area (Å²) in [6.07, 6.45) is 43.6. The lowest BCUT2D eigenvalue weighted by Gasteiger charge is -2.25. The second-order valence-corrected chi connectivity index (χ2v) is 17.5. The molecule has 0 aromatic heterocycles. The summed E-state index contributed by atoms with van der Waals surface area (Å²) in [7, 11) is 1.54. The van der Waals surface area contributed by atoms with Gasteiger partial charge in [-0.05, 0) is 57.8 Å². The van der Waals surface area contributed by atoms with Gasteiger partial charge in [0.2, 0.25) is 5.91 Å². The van der Waals surface area contributed by atoms with Crippen molar-refractivity contribution in [3.8, 4) is 0 Å². The van der Waals surface area contributed by atoms with Crippen LogP contribution in [0.15, 0.2) is 36.5 Å². The standard InChI is InChI=1S/C44H85N2O6P/c1-6-8-10-12-14-16-18-20-21-22-23-24-26-27-29-31-33-35-37-43(47)42(41-52-53(49,50)51-40-39-46(3,4)5)45-44(48)38-36-34-32-30-28-25-19-17-15-13-11-9-7-2/h25,27-29,35,37,42-43,47H,6-24,26,30-34,36,38-41H2,1-5H3,(H-,45,48,49,50)/p+1/b28-25-,29-27+,37-35+. The van der Waals surface area contributed by atoms with Gasteiger partial charge in [-0.3, -0.25) is 13.8 Å². The summed E-state index contributed by atoms with van der Waals surface area (Å²) in [5, 5.41) is 13.8. The van der Waals surface area contributed by atoms with Gasteiger partial charge in [0.25, 0.3) is 0 Å². The zero-order valence-corrected chi connectivity index (χ0v) is 36.1. The summed E-state index contributed by atoms with van der Waals surface area (Å²) in [5.74, 6) is -0.205. The molecule has 53 heavy (non-hydrogen) atoms. The molecule has 0 aliphatic heterocycles. The monoisotopic (exact) mass is 770 g/mol. The van der Waals surface area contributed by atoms with E-state index in [0.717, 1.165) is 51.4 Å². The Bertz CT molecular complexity index is 964. The van der Waals surface area contributed by atoms with Crippen molar-refractivity contribution >= 4 is 13.7 Å². The molecule has 312 valence electrons. The van der Waals surface area contributed by atoms with Gasteiger partial charge >= 0.3 is 7.82 Å². The van der Waals surface area contributed by atoms with Crippen molar-refractivity contribution in [3.63, 3.8) is 0 Å². The predicted molar refractivity (Wildman–Crippen MR) is 226 cm³/mol. The van der Waals surface area contributed by atoms with Gasteiger partial charge in [0.05, 0.1) is 39.9 Å². The summed E-state index contributed by atoms with van der Waals surface area (Å²) in [6, 6.07) is -0.868. The molecule has 0 radical (unpaired) electrons. The molecule has 0 rings (SSSR count). The summed E-state index contributed by atoms with van der Waals surface area (Å²) >= 11 is 0. The van der Waals surface area contributed by atoms with Crippen molar-refractivity contribution in [3.05, 3.63) is 36.5 Å². The molecule has 0 fully saturated rings. The third-order valence-corrected chi connectivity index (χ3v) is 10.6. The van der Waals surface area contributed by atoms with Crippen molar-refractivity contribution in [2.24, 2.45) is 0 Å². The number of aliphatic hydroxyl groups excluding tert-OH is 1. The SMILES string of the molecule is CCCCCCCC/C=C\CCCCCC(=O)NC(COP(=O)(O)OCC[N+](C)(C)C)C(O)/C=C/CC/C=C/CCCCCCCCCCCCCC. The van der Waals surface area contributed by atoms with E-state index in [1.807, 2.05) is 27.2 Å². The normalized spacial score (nSPS) is 14.8. The van der Waals surface area contributed by atoms with Gasteiger partial charge in [0, 0.05) is 6.42 Å². The van der Waals surface area contributed by atoms with Crippen molar-refractivity contribution in [1.82, 2.24) is 5.32 Å². The quantitative estimate of drug-likeness (QED) is 0.0249. The Hall–Kier alpha value is -1.28. The number of nitrogens with one attached hydrogen (secondary N) is 1. The maximum Gasteiger partial charge on any atom is 0.472 e. The van der Waals surface area contributed by atoms with Gasteiger partial charge < -0.3 is 19.8 Å². The topological polar surface area (TPSA) is 105 Å². The van der Waals surface area contributed by atoms with Crippen LogP contribution in [0.3, 0.4) is 0 Å². The van der Waals surface area contributed by atoms with Crippen LogP contribution in [0.2, 0.25) is 0 Å². The van der Waals surface area contributed by atoms with Gasteiger partial charge in [-0.2, -0.15) is 0 Å². The molecule has 0 spiro atoms. The third-order valence-electron chi connectivity index (χ3n) is 9.58. The van der Waals surface area contributed by atoms with Crippen LogP contribution in [0.4, 0.5) is 0 Å². The first-order chi connectivity index (χ1) is 25.5. The average Bonchev–Trinajstić information content (AvgIpc) is 3.10. The van der Waals surface area contributed by atoms with E-state index in [-0.39, 0.29) is 19.1 Å². The van der Waals surface area contributed by atoms with Gasteiger partial charge in [0.1, 0.15) is 13.2 Å². The molecule has 3 atom stereocenters. The van der Waals surface area contributed by atoms with Crippen LogP contribution in [-0.2, 0) is 18.4 Å². The molecular weight excluding hydrogens is 683 g/mol. The Morgan fingerprint density at radius 1 is 0.623 bits per heavy atom. The number of hydrogen-bond donors (Lipinski definition) is 3. The Morgan fingerprint density at radius 3 is 1.51 bits per heavy atom. The number of rotatable bonds is 39. The summed E-state index contributed by atoms with van der Waals surface area (Å²) in [6.45, 7) is 4.76. The van der Waals surface area contributed by atoms with Gasteiger partial charge in [0.15, 0.2) is 0 Å². The van der Waals surface area contributed by atoms with Crippen LogP contribution < -0.4 is 5.32 Å². The number of aliphatic hydroxyl groups is 1. The number of phosphoric ester groups is 1. The second kappa shape index (κ2) is 36.4. The molecule has 0 aromatic carbocycles. The van der Waals surface area contributed by atoms with Crippen LogP contribution in [0.5, 0.6) is 0 Å². The van der Waals surface area contributed by atoms with E-state index in [1.165, 1.54) is 116 Å². The number of amides is 1. The molecule has 9 heteroatoms. The maximum atomic E-state index is 12.8. The Kier molecular flexibility index (Phi) is 35.5. The first-order valence-corrected chi connectivity index (χ1v) is 23.4. The lowest BCUT2D eigenvalue weighted by molar-refractivity contribution is -0.870. The highest BCUT2D eigenvalue weighted by molar-refractivity contribution is 7.47. The molecule has 3 N–H and O–H groups in total. The van der Waals surface area contributed by atoms with E-state index in [4.69, 9.17) is 9.05 Å². The predicted octanol–water partition coefficient (Wildman–Crippen LogP) is 11.9. The van der Waals surface area contributed by atoms with E-state index in [1.54, 1.807) is 6.08 Å². The molecule has 8 nitrogen and oxygen atoms in total. The number of unbranched alkanes of at least 4 members (excludes halogenated alkanes) is 22. The average molecular weight is 770 g/mol. The number of carbonyl (C=O) groups excluding carboxylic acids is 1. The fourth-order valence-electron chi connectivity index (χ4n) is 6.05. The number of carbonyl (C=O) groups is 1. The highest BCUT2D eigenvalue weighted by Gasteiger charge is 2.27. The minimum atomic E-state index is -4.35. The van der Waals surface area contributed by atoms with Crippen molar-refractivity contribution < 1.29 is 32.9 Å². The lowest BCUT2D eigenvalue weighted by atomic mass is 10.0. The fraction of sp³-hybridized carbons (Fsp3) is 0.841. The minimum Gasteiger partial charge on any atom is -0.387 e. The van der Waals surface area contributed by atoms with Crippen LogP contribution >= 0.6 is 7.82 Å². The Labute approximate surface area is 327 Å². The molecule has 0 aliphatic rings. The second-order valence-electron chi connectivity index (χ2n) is 16.1. The highest BCUT2D eigenvalue weighted by atomic mass is 31.2. The summed E-state index contributed by atoms with van der Waals surface area (Å²) < 4.78 is 23.5. The Balaban J connectivity index is 4.51. The molecule has 0 heterocycles. The largest absolute Gasteiger partial charge is 0.472 e. The van der Waals surface area contributed by atoms with Gasteiger partial charge in [-0.15, -0.1) is 0 Å². The minimum absolute atomic E-state index is 0.0534. The lowest BCUT2D eigenvalue weighted by Crippen LogP contribution is -2.45. The molecule has 0 bridgehead atoms. The number of quaternary nitrogens is 1. The molecule has 0 saturated heterocycles. The van der Waals surface area contributed by atoms with Gasteiger partial charge in [-0.1, -0.05) is 159 Å². The zero-order valence-electron chi connectivity index (χ0n) is 35.3. The van der Waals surface area contributed by atoms with Crippen molar-refractivity contribution in [2.75, 3.05) is 40.9 Å². The molecule has 0 aromatic rings. The third kappa shape index (κ3) is 38.8. The van der Waals surface area contributed by atoms with E-state index in [2.05, 4.69) is 43.5 Å². The van der Waals surface area contributed by atoms with E-state index in [0.29, 0.717) is 17.4 Å². The van der Waals surface area contributed by atoms with E-state index >= 15 is 0 Å². The van der Waals surface area contributed by atoms with Crippen LogP contribution in [0, 0.1) is 0 Å². The summed E-state index contributed by atoms with van der Waals surface area (Å²) in [4.78, 5) is 23.0. The molecule has 1 amide bonds. The smallest absolute Gasteiger partial charge is 0.387 e. The maximum absolute atomic E-state index is 12.8. The first-order valence-electron chi connectivity index (χ1n) is 21.9. The zero-order chi connectivity index (χ0) is 39.3. The highest BCUT2D eigenvalue weighted by Crippen LogP contribution is 2.43. The van der Waals surface area contributed by atoms with Crippen molar-refractivity contribution in [1.29, 1.82) is 0 Å². The fourth-order valence-corrected chi connectivity index (χ4v) is 6.79. The molecular formula is C44H86N2O6P+. The number of hydrogen-bond acceptors (Lipinski definition) is 5. The van der Waals surface area contributed by atoms with E-state index in [9.17, 15) is 19.4 Å². The number of phosphoric acid groups is 1. The van der Waals surface area contributed by atoms with Gasteiger partial charge in [-0.25, -0.2) is 4.57 Å². The van der Waals surface area contributed by atoms with Crippen LogP contribution in [-0.4, -0.2) is 73.4 Å². The molecule has 0 aliphatic carbocycles.